The second-order valence-corrected chi connectivity index (χ2v) is 7.47. The summed E-state index contributed by atoms with van der Waals surface area (Å²) >= 11 is 0. The van der Waals surface area contributed by atoms with E-state index in [9.17, 15) is 10.2 Å². The van der Waals surface area contributed by atoms with E-state index >= 15 is 0 Å². The summed E-state index contributed by atoms with van der Waals surface area (Å²) in [6.45, 7) is 1.81. The number of methoxy groups -OCH3 is 2. The zero-order valence-corrected chi connectivity index (χ0v) is 15.5. The van der Waals surface area contributed by atoms with Crippen molar-refractivity contribution in [2.45, 2.75) is 31.5 Å². The van der Waals surface area contributed by atoms with E-state index in [1.165, 1.54) is 0 Å². The molecule has 0 bridgehead atoms. The Hall–Kier alpha value is -2.50. The molecule has 27 heavy (non-hydrogen) atoms. The van der Waals surface area contributed by atoms with Crippen LogP contribution < -0.4 is 9.47 Å². The number of phenols is 1. The second kappa shape index (κ2) is 6.01. The third-order valence-electron chi connectivity index (χ3n) is 6.21. The normalized spacial score (nSPS) is 22.0. The van der Waals surface area contributed by atoms with E-state index in [1.54, 1.807) is 20.3 Å². The molecule has 0 radical (unpaired) electrons. The van der Waals surface area contributed by atoms with E-state index in [0.717, 1.165) is 58.6 Å². The molecule has 2 aliphatic rings. The van der Waals surface area contributed by atoms with Crippen LogP contribution in [0.2, 0.25) is 0 Å². The van der Waals surface area contributed by atoms with Crippen molar-refractivity contribution in [3.8, 4) is 17.2 Å². The number of fused-ring (bicyclic) bond motifs is 7. The molecule has 0 unspecified atom stereocenters. The molecule has 0 aromatic heterocycles. The molecule has 1 saturated heterocycles. The highest BCUT2D eigenvalue weighted by atomic mass is 16.5. The Kier molecular flexibility index (Phi) is 3.71. The molecule has 5 nitrogen and oxygen atoms in total. The number of hydrogen-bond donors (Lipinski definition) is 2. The maximum Gasteiger partial charge on any atom is 0.161 e. The quantitative estimate of drug-likeness (QED) is 0.678. The molecule has 2 atom stereocenters. The highest BCUT2D eigenvalue weighted by Gasteiger charge is 2.39. The molecule has 3 aromatic carbocycles. The van der Waals surface area contributed by atoms with Crippen LogP contribution in [0.5, 0.6) is 17.2 Å². The molecule has 0 saturated carbocycles. The molecule has 2 aliphatic heterocycles. The van der Waals surface area contributed by atoms with Crippen LogP contribution in [0.1, 0.15) is 30.1 Å². The molecule has 5 rings (SSSR count). The highest BCUT2D eigenvalue weighted by molar-refractivity contribution is 6.14. The minimum absolute atomic E-state index is 0.153. The lowest BCUT2D eigenvalue weighted by Crippen LogP contribution is -2.39. The van der Waals surface area contributed by atoms with Crippen molar-refractivity contribution < 1.29 is 19.7 Å². The first-order valence-electron chi connectivity index (χ1n) is 9.38. The third-order valence-corrected chi connectivity index (χ3v) is 6.21. The summed E-state index contributed by atoms with van der Waals surface area (Å²) in [5.74, 6) is 1.50. The van der Waals surface area contributed by atoms with E-state index in [0.29, 0.717) is 11.5 Å². The average Bonchev–Trinajstić information content (AvgIpc) is 3.16. The summed E-state index contributed by atoms with van der Waals surface area (Å²) in [6.07, 6.45) is 1.55. The monoisotopic (exact) mass is 365 g/mol. The number of aliphatic hydroxyl groups excluding tert-OH is 1. The number of hydrogen-bond acceptors (Lipinski definition) is 5. The van der Waals surface area contributed by atoms with Gasteiger partial charge in [0.2, 0.25) is 0 Å². The summed E-state index contributed by atoms with van der Waals surface area (Å²) in [5, 5.41) is 25.5. The maximum atomic E-state index is 11.2. The van der Waals surface area contributed by atoms with Crippen molar-refractivity contribution in [3.63, 3.8) is 0 Å². The van der Waals surface area contributed by atoms with E-state index in [4.69, 9.17) is 9.47 Å². The van der Waals surface area contributed by atoms with Gasteiger partial charge in [-0.25, -0.2) is 0 Å². The van der Waals surface area contributed by atoms with Crippen molar-refractivity contribution in [3.05, 3.63) is 41.5 Å². The molecule has 5 heteroatoms. The fourth-order valence-corrected chi connectivity index (χ4v) is 5.00. The van der Waals surface area contributed by atoms with Crippen LogP contribution in [0.15, 0.2) is 30.3 Å². The van der Waals surface area contributed by atoms with Crippen LogP contribution in [0, 0.1) is 0 Å². The lowest BCUT2D eigenvalue weighted by Gasteiger charge is -2.37. The Labute approximate surface area is 157 Å². The summed E-state index contributed by atoms with van der Waals surface area (Å²) in [4.78, 5) is 2.37. The first kappa shape index (κ1) is 16.7. The van der Waals surface area contributed by atoms with Crippen LogP contribution in [0.3, 0.4) is 0 Å². The molecular weight excluding hydrogens is 342 g/mol. The first-order chi connectivity index (χ1) is 13.1. The standard InChI is InChI=1S/C22H23NO4/c1-26-18-9-13-14(10-19(18)27-2)20-12(5-3-7-17(20)24)21-15(13)11-23-8-4-6-16(23)22(21)25/h3,5,7,9-10,16,22,24-25H,4,6,8,11H2,1-2H3/t16-,22+/m0/s1. The fourth-order valence-electron chi connectivity index (χ4n) is 5.00. The molecule has 1 fully saturated rings. The predicted molar refractivity (Wildman–Crippen MR) is 105 cm³/mol. The Bertz CT molecular complexity index is 1060. The molecule has 0 spiro atoms. The van der Waals surface area contributed by atoms with Crippen LogP contribution in [-0.4, -0.2) is 41.9 Å². The number of benzene rings is 3. The number of nitrogens with zero attached hydrogens (tertiary/aromatic N) is 1. The Morgan fingerprint density at radius 1 is 1.04 bits per heavy atom. The number of ether oxygens (including phenoxy) is 2. The van der Waals surface area contributed by atoms with E-state index in [1.807, 2.05) is 24.3 Å². The molecule has 2 heterocycles. The summed E-state index contributed by atoms with van der Waals surface area (Å²) in [6, 6.07) is 9.60. The van der Waals surface area contributed by atoms with Gasteiger partial charge in [-0.2, -0.15) is 0 Å². The Balaban J connectivity index is 1.95. The number of rotatable bonds is 2. The van der Waals surface area contributed by atoms with Gasteiger partial charge in [0.25, 0.3) is 0 Å². The number of aromatic hydroxyl groups is 1. The van der Waals surface area contributed by atoms with Gasteiger partial charge in [0, 0.05) is 18.0 Å². The Morgan fingerprint density at radius 3 is 2.52 bits per heavy atom. The molecule has 140 valence electrons. The SMILES string of the molecule is COc1cc2c3c(c4cccc(O)c4c2cc1OC)[C@H](O)[C@@H]1CCCN1C3. The highest BCUT2D eigenvalue weighted by Crippen LogP contribution is 2.48. The van der Waals surface area contributed by atoms with Gasteiger partial charge in [0.1, 0.15) is 5.75 Å². The fraction of sp³-hybridized carbons (Fsp3) is 0.364. The number of aliphatic hydroxyl groups is 1. The van der Waals surface area contributed by atoms with Gasteiger partial charge in [-0.1, -0.05) is 12.1 Å². The van der Waals surface area contributed by atoms with Crippen LogP contribution in [-0.2, 0) is 6.54 Å². The van der Waals surface area contributed by atoms with Gasteiger partial charge < -0.3 is 19.7 Å². The van der Waals surface area contributed by atoms with Gasteiger partial charge >= 0.3 is 0 Å². The first-order valence-corrected chi connectivity index (χ1v) is 9.38. The molecule has 0 aliphatic carbocycles. The van der Waals surface area contributed by atoms with Crippen LogP contribution in [0.4, 0.5) is 0 Å². The molecule has 0 amide bonds. The van der Waals surface area contributed by atoms with Crippen LogP contribution in [0.25, 0.3) is 21.5 Å². The van der Waals surface area contributed by atoms with Crippen molar-refractivity contribution >= 4 is 21.5 Å². The maximum absolute atomic E-state index is 11.2. The minimum Gasteiger partial charge on any atom is -0.507 e. The topological polar surface area (TPSA) is 62.2 Å². The zero-order valence-electron chi connectivity index (χ0n) is 15.5. The lowest BCUT2D eigenvalue weighted by atomic mass is 9.83. The number of phenolic OH excluding ortho intramolecular Hbond substituents is 1. The average molecular weight is 365 g/mol. The van der Waals surface area contributed by atoms with Gasteiger partial charge in [-0.3, -0.25) is 4.90 Å². The van der Waals surface area contributed by atoms with Gasteiger partial charge in [0.15, 0.2) is 11.5 Å². The molecule has 2 N–H and O–H groups in total. The van der Waals surface area contributed by atoms with E-state index in [-0.39, 0.29) is 11.8 Å². The van der Waals surface area contributed by atoms with Crippen LogP contribution >= 0.6 is 0 Å². The van der Waals surface area contributed by atoms with Crippen molar-refractivity contribution in [2.24, 2.45) is 0 Å². The summed E-state index contributed by atoms with van der Waals surface area (Å²) in [7, 11) is 3.24. The summed E-state index contributed by atoms with van der Waals surface area (Å²) in [5.41, 5.74) is 2.07. The molecular formula is C22H23NO4. The minimum atomic E-state index is -0.557. The van der Waals surface area contributed by atoms with Gasteiger partial charge in [-0.15, -0.1) is 0 Å². The largest absolute Gasteiger partial charge is 0.507 e. The van der Waals surface area contributed by atoms with Crippen molar-refractivity contribution in [1.82, 2.24) is 4.90 Å². The van der Waals surface area contributed by atoms with Crippen molar-refractivity contribution in [1.29, 1.82) is 0 Å². The third kappa shape index (κ3) is 2.25. The predicted octanol–water partition coefficient (Wildman–Crippen LogP) is 3.73. The van der Waals surface area contributed by atoms with E-state index < -0.39 is 6.10 Å². The Morgan fingerprint density at radius 2 is 1.78 bits per heavy atom. The summed E-state index contributed by atoms with van der Waals surface area (Å²) < 4.78 is 11.0. The van der Waals surface area contributed by atoms with Gasteiger partial charge in [0.05, 0.1) is 20.3 Å². The second-order valence-electron chi connectivity index (χ2n) is 7.47. The molecule has 3 aromatic rings. The zero-order chi connectivity index (χ0) is 18.7. The lowest BCUT2D eigenvalue weighted by molar-refractivity contribution is 0.0552. The van der Waals surface area contributed by atoms with Crippen molar-refractivity contribution in [2.75, 3.05) is 20.8 Å². The van der Waals surface area contributed by atoms with E-state index in [2.05, 4.69) is 4.90 Å². The smallest absolute Gasteiger partial charge is 0.161 e. The van der Waals surface area contributed by atoms with Gasteiger partial charge in [-0.05, 0) is 64.9 Å².